The fourth-order valence-electron chi connectivity index (χ4n) is 4.81. The maximum atomic E-state index is 13.0. The van der Waals surface area contributed by atoms with Crippen LogP contribution in [0.5, 0.6) is 5.75 Å². The highest BCUT2D eigenvalue weighted by Gasteiger charge is 2.35. The fraction of sp³-hybridized carbons (Fsp3) is 0.345. The van der Waals surface area contributed by atoms with Gasteiger partial charge in [0.2, 0.25) is 5.91 Å². The molecule has 9 heteroatoms. The van der Waals surface area contributed by atoms with Crippen LogP contribution >= 0.6 is 11.8 Å². The van der Waals surface area contributed by atoms with Crippen molar-refractivity contribution in [1.82, 2.24) is 20.0 Å². The number of piperidine rings is 1. The molecular formula is C29H33N5O3S. The zero-order chi connectivity index (χ0) is 26.6. The van der Waals surface area contributed by atoms with Crippen LogP contribution in [0.2, 0.25) is 0 Å². The van der Waals surface area contributed by atoms with Crippen LogP contribution in [0.1, 0.15) is 37.3 Å². The number of carbonyl (C=O) groups is 2. The Labute approximate surface area is 227 Å². The number of carbonyl (C=O) groups excluding carboxylic acids is 2. The summed E-state index contributed by atoms with van der Waals surface area (Å²) < 4.78 is 7.72. The number of primary amides is 1. The number of likely N-dealkylation sites (tertiary alicyclic amines) is 1. The van der Waals surface area contributed by atoms with Gasteiger partial charge in [-0.3, -0.25) is 14.5 Å². The van der Waals surface area contributed by atoms with E-state index in [4.69, 9.17) is 15.6 Å². The van der Waals surface area contributed by atoms with Gasteiger partial charge in [0, 0.05) is 36.3 Å². The van der Waals surface area contributed by atoms with Gasteiger partial charge in [-0.2, -0.15) is 5.10 Å². The molecule has 0 aliphatic carbocycles. The zero-order valence-corrected chi connectivity index (χ0v) is 22.5. The van der Waals surface area contributed by atoms with Gasteiger partial charge in [0.25, 0.3) is 5.91 Å². The minimum Gasteiger partial charge on any atom is -0.493 e. The van der Waals surface area contributed by atoms with Crippen molar-refractivity contribution in [2.45, 2.75) is 38.6 Å². The minimum absolute atomic E-state index is 0.0861. The van der Waals surface area contributed by atoms with Crippen molar-refractivity contribution in [1.29, 1.82) is 0 Å². The molecule has 2 aliphatic heterocycles. The second kappa shape index (κ2) is 11.4. The monoisotopic (exact) mass is 531 g/mol. The first-order chi connectivity index (χ1) is 18.4. The summed E-state index contributed by atoms with van der Waals surface area (Å²) in [6, 6.07) is 16.0. The van der Waals surface area contributed by atoms with Gasteiger partial charge in [0.05, 0.1) is 17.2 Å². The van der Waals surface area contributed by atoms with Crippen molar-refractivity contribution in [3.8, 4) is 22.7 Å². The van der Waals surface area contributed by atoms with Gasteiger partial charge in [0.15, 0.2) is 0 Å². The van der Waals surface area contributed by atoms with E-state index in [-0.39, 0.29) is 23.2 Å². The minimum atomic E-state index is -0.239. The van der Waals surface area contributed by atoms with Gasteiger partial charge in [-0.1, -0.05) is 36.9 Å². The molecule has 2 amide bonds. The van der Waals surface area contributed by atoms with E-state index >= 15 is 0 Å². The Morgan fingerprint density at radius 2 is 1.97 bits per heavy atom. The predicted molar refractivity (Wildman–Crippen MR) is 151 cm³/mol. The Hall–Kier alpha value is -3.56. The Kier molecular flexibility index (Phi) is 7.85. The molecule has 0 saturated carbocycles. The van der Waals surface area contributed by atoms with Gasteiger partial charge in [-0.05, 0) is 68.2 Å². The Balaban J connectivity index is 1.44. The van der Waals surface area contributed by atoms with E-state index in [2.05, 4.69) is 23.2 Å². The number of nitrogens with zero attached hydrogens (tertiary/aromatic N) is 3. The molecule has 2 fully saturated rings. The van der Waals surface area contributed by atoms with Crippen LogP contribution in [-0.4, -0.2) is 51.7 Å². The van der Waals surface area contributed by atoms with E-state index < -0.39 is 0 Å². The number of aromatic nitrogens is 2. The number of amides is 2. The van der Waals surface area contributed by atoms with E-state index in [0.29, 0.717) is 24.4 Å². The number of aryl methyl sites for hydroxylation is 1. The van der Waals surface area contributed by atoms with E-state index in [1.165, 1.54) is 11.8 Å². The lowest BCUT2D eigenvalue weighted by atomic mass is 9.97. The molecule has 1 atom stereocenters. The highest BCUT2D eigenvalue weighted by molar-refractivity contribution is 8.05. The van der Waals surface area contributed by atoms with Crippen molar-refractivity contribution >= 4 is 29.7 Å². The Bertz CT molecular complexity index is 1350. The SMILES string of the molecule is CCCOc1ccc(-c2nn(-c3ccccc3)cc2/C=C2\SC(N3CCC(C(N)=O)CC3)NC2=O)cc1C. The number of thioether (sulfide) groups is 1. The van der Waals surface area contributed by atoms with Gasteiger partial charge in [-0.15, -0.1) is 0 Å². The van der Waals surface area contributed by atoms with Crippen LogP contribution < -0.4 is 15.8 Å². The molecule has 38 heavy (non-hydrogen) atoms. The summed E-state index contributed by atoms with van der Waals surface area (Å²) in [6.45, 7) is 6.25. The van der Waals surface area contributed by atoms with E-state index in [9.17, 15) is 9.59 Å². The summed E-state index contributed by atoms with van der Waals surface area (Å²) in [7, 11) is 0. The van der Waals surface area contributed by atoms with Crippen molar-refractivity contribution < 1.29 is 14.3 Å². The average Bonchev–Trinajstić information content (AvgIpc) is 3.52. The number of rotatable bonds is 8. The van der Waals surface area contributed by atoms with Crippen LogP contribution in [0.4, 0.5) is 0 Å². The summed E-state index contributed by atoms with van der Waals surface area (Å²) >= 11 is 1.51. The number of nitrogens with one attached hydrogen (secondary N) is 1. The summed E-state index contributed by atoms with van der Waals surface area (Å²) in [4.78, 5) is 27.4. The summed E-state index contributed by atoms with van der Waals surface area (Å²) in [6.07, 6.45) is 6.27. The van der Waals surface area contributed by atoms with Crippen LogP contribution in [0.3, 0.4) is 0 Å². The van der Waals surface area contributed by atoms with Crippen molar-refractivity contribution in [3.63, 3.8) is 0 Å². The lowest BCUT2D eigenvalue weighted by Gasteiger charge is -2.33. The molecule has 1 unspecified atom stereocenters. The van der Waals surface area contributed by atoms with Crippen LogP contribution in [0.15, 0.2) is 59.6 Å². The molecule has 2 aliphatic rings. The third-order valence-corrected chi connectivity index (χ3v) is 8.14. The molecule has 0 bridgehead atoms. The van der Waals surface area contributed by atoms with Crippen LogP contribution in [-0.2, 0) is 9.59 Å². The number of hydrogen-bond donors (Lipinski definition) is 2. The zero-order valence-electron chi connectivity index (χ0n) is 21.7. The lowest BCUT2D eigenvalue weighted by molar-refractivity contribution is -0.123. The van der Waals surface area contributed by atoms with Gasteiger partial charge in [-0.25, -0.2) is 4.68 Å². The molecule has 198 valence electrons. The molecule has 2 aromatic carbocycles. The van der Waals surface area contributed by atoms with E-state index in [1.807, 2.05) is 66.3 Å². The number of benzene rings is 2. The lowest BCUT2D eigenvalue weighted by Crippen LogP contribution is -2.47. The van der Waals surface area contributed by atoms with Crippen LogP contribution in [0.25, 0.3) is 23.0 Å². The molecule has 3 N–H and O–H groups in total. The standard InChI is InChI=1S/C29H33N5O3S/c1-3-15-37-24-10-9-21(16-19(24)2)26-22(18-34(32-26)23-7-5-4-6-8-23)17-25-28(36)31-29(38-25)33-13-11-20(12-14-33)27(30)35/h4-10,16-18,20,29H,3,11-15H2,1-2H3,(H2,30,35)(H,31,36)/b25-17-. The maximum absolute atomic E-state index is 13.0. The summed E-state index contributed by atoms with van der Waals surface area (Å²) in [5, 5.41) is 8.01. The molecule has 3 heterocycles. The number of hydrogen-bond acceptors (Lipinski definition) is 6. The topological polar surface area (TPSA) is 102 Å². The van der Waals surface area contributed by atoms with Gasteiger partial charge >= 0.3 is 0 Å². The number of para-hydroxylation sites is 1. The summed E-state index contributed by atoms with van der Waals surface area (Å²) in [5.74, 6) is 0.440. The third-order valence-electron chi connectivity index (χ3n) is 6.94. The fourth-order valence-corrected chi connectivity index (χ4v) is 5.94. The molecule has 0 radical (unpaired) electrons. The first-order valence-corrected chi connectivity index (χ1v) is 13.9. The molecular weight excluding hydrogens is 498 g/mol. The smallest absolute Gasteiger partial charge is 0.259 e. The van der Waals surface area contributed by atoms with Gasteiger partial charge in [0.1, 0.15) is 16.9 Å². The van der Waals surface area contributed by atoms with Crippen molar-refractivity contribution in [3.05, 3.63) is 70.8 Å². The van der Waals surface area contributed by atoms with Crippen molar-refractivity contribution in [2.75, 3.05) is 19.7 Å². The number of ether oxygens (including phenoxy) is 1. The molecule has 8 nitrogen and oxygen atoms in total. The Morgan fingerprint density at radius 1 is 1.21 bits per heavy atom. The maximum Gasteiger partial charge on any atom is 0.259 e. The van der Waals surface area contributed by atoms with Gasteiger partial charge < -0.3 is 15.8 Å². The second-order valence-electron chi connectivity index (χ2n) is 9.71. The number of nitrogens with two attached hydrogens (primary N) is 1. The molecule has 3 aromatic rings. The molecule has 2 saturated heterocycles. The normalized spacial score (nSPS) is 19.6. The summed E-state index contributed by atoms with van der Waals surface area (Å²) in [5.41, 5.74) is 9.92. The molecule has 5 rings (SSSR count). The highest BCUT2D eigenvalue weighted by atomic mass is 32.2. The van der Waals surface area contributed by atoms with Crippen LogP contribution in [0, 0.1) is 12.8 Å². The molecule has 0 spiro atoms. The van der Waals surface area contributed by atoms with Crippen molar-refractivity contribution in [2.24, 2.45) is 11.7 Å². The Morgan fingerprint density at radius 3 is 2.66 bits per heavy atom. The quantitative estimate of drug-likeness (QED) is 0.420. The second-order valence-corrected chi connectivity index (χ2v) is 10.8. The first kappa shape index (κ1) is 26.1. The molecule has 1 aromatic heterocycles. The van der Waals surface area contributed by atoms with E-state index in [1.54, 1.807) is 0 Å². The predicted octanol–water partition coefficient (Wildman–Crippen LogP) is 4.32. The first-order valence-electron chi connectivity index (χ1n) is 13.0. The third kappa shape index (κ3) is 5.63. The average molecular weight is 532 g/mol. The highest BCUT2D eigenvalue weighted by Crippen LogP contribution is 2.36. The largest absolute Gasteiger partial charge is 0.493 e. The van der Waals surface area contributed by atoms with E-state index in [0.717, 1.165) is 53.3 Å².